The molecule has 2 aromatic heterocycles. The van der Waals surface area contributed by atoms with E-state index in [2.05, 4.69) is 20.0 Å². The van der Waals surface area contributed by atoms with Crippen LogP contribution in [0.2, 0.25) is 0 Å². The predicted octanol–water partition coefficient (Wildman–Crippen LogP) is 1.67. The van der Waals surface area contributed by atoms with E-state index in [1.807, 2.05) is 31.3 Å². The normalized spacial score (nSPS) is 15.5. The van der Waals surface area contributed by atoms with Crippen LogP contribution < -0.4 is 4.90 Å². The number of carbonyl (C=O) groups excluding carboxylic acids is 1. The van der Waals surface area contributed by atoms with Crippen LogP contribution in [0.1, 0.15) is 23.3 Å². The lowest BCUT2D eigenvalue weighted by Crippen LogP contribution is -2.46. The van der Waals surface area contributed by atoms with Crippen LogP contribution in [0.25, 0.3) is 0 Å². The summed E-state index contributed by atoms with van der Waals surface area (Å²) >= 11 is 1.55. The molecule has 3 rings (SSSR count). The monoisotopic (exact) mass is 346 g/mol. The van der Waals surface area contributed by atoms with Crippen molar-refractivity contribution < 1.29 is 4.79 Å². The van der Waals surface area contributed by atoms with Gasteiger partial charge < -0.3 is 9.80 Å². The Morgan fingerprint density at radius 2 is 2.08 bits per heavy atom. The van der Waals surface area contributed by atoms with Gasteiger partial charge in [0.1, 0.15) is 11.5 Å². The molecule has 24 heavy (non-hydrogen) atoms. The van der Waals surface area contributed by atoms with Crippen molar-refractivity contribution in [3.05, 3.63) is 30.2 Å². The van der Waals surface area contributed by atoms with Crippen molar-refractivity contribution in [3.8, 4) is 0 Å². The Hall–Kier alpha value is -2.09. The predicted molar refractivity (Wildman–Crippen MR) is 94.3 cm³/mol. The lowest BCUT2D eigenvalue weighted by molar-refractivity contribution is 0.0702. The summed E-state index contributed by atoms with van der Waals surface area (Å²) in [6.45, 7) is 1.77. The van der Waals surface area contributed by atoms with E-state index in [1.54, 1.807) is 34.9 Å². The minimum atomic E-state index is -0.0132. The average molecular weight is 346 g/mol. The van der Waals surface area contributed by atoms with Crippen molar-refractivity contribution in [1.82, 2.24) is 24.6 Å². The standard InChI is InChI=1S/C16H22N6OS/c1-20-9-7-13(19-20)15(23)21(2)12-5-10-22(11-6-12)14-4-8-17-16(18-14)24-3/h4,7-9,12H,5-6,10-11H2,1-3H3. The molecule has 0 unspecified atom stereocenters. The Bertz CT molecular complexity index is 710. The third-order valence-electron chi connectivity index (χ3n) is 4.39. The van der Waals surface area contributed by atoms with Gasteiger partial charge in [-0.2, -0.15) is 5.10 Å². The number of aryl methyl sites for hydroxylation is 1. The van der Waals surface area contributed by atoms with E-state index in [1.165, 1.54) is 0 Å². The highest BCUT2D eigenvalue weighted by molar-refractivity contribution is 7.98. The minimum absolute atomic E-state index is 0.0132. The van der Waals surface area contributed by atoms with Crippen LogP contribution in [0, 0.1) is 0 Å². The van der Waals surface area contributed by atoms with Crippen LogP contribution in [-0.4, -0.2) is 63.0 Å². The molecule has 128 valence electrons. The van der Waals surface area contributed by atoms with Gasteiger partial charge >= 0.3 is 0 Å². The van der Waals surface area contributed by atoms with Gasteiger partial charge in [0.05, 0.1) is 0 Å². The van der Waals surface area contributed by atoms with E-state index in [0.29, 0.717) is 5.69 Å². The molecule has 1 amide bonds. The molecule has 3 heterocycles. The minimum Gasteiger partial charge on any atom is -0.356 e. The molecule has 0 spiro atoms. The molecule has 1 saturated heterocycles. The van der Waals surface area contributed by atoms with Crippen LogP contribution in [0.3, 0.4) is 0 Å². The van der Waals surface area contributed by atoms with Crippen LogP contribution in [-0.2, 0) is 7.05 Å². The molecule has 1 fully saturated rings. The molecule has 0 aromatic carbocycles. The molecule has 0 atom stereocenters. The van der Waals surface area contributed by atoms with Gasteiger partial charge in [-0.25, -0.2) is 9.97 Å². The van der Waals surface area contributed by atoms with Gasteiger partial charge in [-0.15, -0.1) is 0 Å². The summed E-state index contributed by atoms with van der Waals surface area (Å²) < 4.78 is 1.65. The van der Waals surface area contributed by atoms with Crippen molar-refractivity contribution in [3.63, 3.8) is 0 Å². The fourth-order valence-electron chi connectivity index (χ4n) is 2.96. The molecule has 7 nitrogen and oxygen atoms in total. The van der Waals surface area contributed by atoms with Gasteiger partial charge in [-0.1, -0.05) is 11.8 Å². The molecule has 0 saturated carbocycles. The van der Waals surface area contributed by atoms with E-state index in [9.17, 15) is 4.79 Å². The first-order valence-corrected chi connectivity index (χ1v) is 9.19. The maximum atomic E-state index is 12.5. The third kappa shape index (κ3) is 3.53. The molecular formula is C16H22N6OS. The molecular weight excluding hydrogens is 324 g/mol. The molecule has 1 aliphatic rings. The molecule has 8 heteroatoms. The largest absolute Gasteiger partial charge is 0.356 e. The molecule has 0 radical (unpaired) electrons. The SMILES string of the molecule is CSc1nccc(N2CCC(N(C)C(=O)c3ccn(C)n3)CC2)n1. The zero-order chi connectivity index (χ0) is 17.1. The van der Waals surface area contributed by atoms with Crippen molar-refractivity contribution in [2.45, 2.75) is 24.0 Å². The van der Waals surface area contributed by atoms with Crippen LogP contribution in [0.15, 0.2) is 29.7 Å². The zero-order valence-corrected chi connectivity index (χ0v) is 15.0. The summed E-state index contributed by atoms with van der Waals surface area (Å²) in [7, 11) is 3.69. The summed E-state index contributed by atoms with van der Waals surface area (Å²) in [5.41, 5.74) is 0.503. The summed E-state index contributed by atoms with van der Waals surface area (Å²) in [5, 5.41) is 4.99. The number of hydrogen-bond acceptors (Lipinski definition) is 6. The number of rotatable bonds is 4. The Morgan fingerprint density at radius 1 is 1.33 bits per heavy atom. The highest BCUT2D eigenvalue weighted by Gasteiger charge is 2.27. The number of anilines is 1. The lowest BCUT2D eigenvalue weighted by Gasteiger charge is -2.37. The number of piperidine rings is 1. The number of aromatic nitrogens is 4. The van der Waals surface area contributed by atoms with Gasteiger partial charge in [-0.05, 0) is 31.2 Å². The smallest absolute Gasteiger partial charge is 0.274 e. The Morgan fingerprint density at radius 3 is 2.71 bits per heavy atom. The average Bonchev–Trinajstić information content (AvgIpc) is 3.07. The quantitative estimate of drug-likeness (QED) is 0.620. The molecule has 0 bridgehead atoms. The van der Waals surface area contributed by atoms with Crippen LogP contribution in [0.4, 0.5) is 5.82 Å². The summed E-state index contributed by atoms with van der Waals surface area (Å²) in [4.78, 5) is 25.4. The van der Waals surface area contributed by atoms with E-state index < -0.39 is 0 Å². The maximum Gasteiger partial charge on any atom is 0.274 e. The van der Waals surface area contributed by atoms with Gasteiger partial charge in [0.2, 0.25) is 0 Å². The summed E-state index contributed by atoms with van der Waals surface area (Å²) in [6, 6.07) is 3.94. The lowest BCUT2D eigenvalue weighted by atomic mass is 10.0. The fourth-order valence-corrected chi connectivity index (χ4v) is 3.32. The fraction of sp³-hybridized carbons (Fsp3) is 0.500. The molecule has 2 aromatic rings. The molecule has 0 aliphatic carbocycles. The van der Waals surface area contributed by atoms with Gasteiger partial charge in [0, 0.05) is 45.6 Å². The van der Waals surface area contributed by atoms with Gasteiger partial charge in [-0.3, -0.25) is 9.48 Å². The van der Waals surface area contributed by atoms with Crippen molar-refractivity contribution in [2.24, 2.45) is 7.05 Å². The molecule has 0 N–H and O–H groups in total. The van der Waals surface area contributed by atoms with Gasteiger partial charge in [0.15, 0.2) is 5.16 Å². The zero-order valence-electron chi connectivity index (χ0n) is 14.2. The molecule has 1 aliphatic heterocycles. The second-order valence-corrected chi connectivity index (χ2v) is 6.68. The van der Waals surface area contributed by atoms with Crippen molar-refractivity contribution in [1.29, 1.82) is 0 Å². The Labute approximate surface area is 146 Å². The van der Waals surface area contributed by atoms with E-state index >= 15 is 0 Å². The van der Waals surface area contributed by atoms with E-state index in [4.69, 9.17) is 0 Å². The summed E-state index contributed by atoms with van der Waals surface area (Å²) in [5.74, 6) is 0.951. The topological polar surface area (TPSA) is 67.2 Å². The van der Waals surface area contributed by atoms with Crippen molar-refractivity contribution in [2.75, 3.05) is 31.3 Å². The number of nitrogens with zero attached hydrogens (tertiary/aromatic N) is 6. The van der Waals surface area contributed by atoms with E-state index in [-0.39, 0.29) is 11.9 Å². The number of thioether (sulfide) groups is 1. The van der Waals surface area contributed by atoms with Gasteiger partial charge in [0.25, 0.3) is 5.91 Å². The third-order valence-corrected chi connectivity index (χ3v) is 4.95. The second kappa shape index (κ2) is 7.21. The first-order chi connectivity index (χ1) is 11.6. The van der Waals surface area contributed by atoms with Crippen molar-refractivity contribution >= 4 is 23.5 Å². The second-order valence-electron chi connectivity index (χ2n) is 5.91. The first-order valence-electron chi connectivity index (χ1n) is 7.97. The highest BCUT2D eigenvalue weighted by Crippen LogP contribution is 2.22. The van der Waals surface area contributed by atoms with Crippen LogP contribution in [0.5, 0.6) is 0 Å². The highest BCUT2D eigenvalue weighted by atomic mass is 32.2. The number of hydrogen-bond donors (Lipinski definition) is 0. The Kier molecular flexibility index (Phi) is 5.03. The summed E-state index contributed by atoms with van der Waals surface area (Å²) in [6.07, 6.45) is 7.42. The number of carbonyl (C=O) groups is 1. The van der Waals surface area contributed by atoms with E-state index in [0.717, 1.165) is 36.9 Å². The maximum absolute atomic E-state index is 12.5. The first kappa shape index (κ1) is 16.8. The van der Waals surface area contributed by atoms with Crippen LogP contribution >= 0.6 is 11.8 Å². The Balaban J connectivity index is 1.61. The number of amides is 1.